The van der Waals surface area contributed by atoms with Gasteiger partial charge in [0.2, 0.25) is 10.0 Å². The molecule has 2 saturated heterocycles. The summed E-state index contributed by atoms with van der Waals surface area (Å²) in [5, 5.41) is 2.79. The van der Waals surface area contributed by atoms with Gasteiger partial charge in [-0.1, -0.05) is 6.07 Å². The highest BCUT2D eigenvalue weighted by atomic mass is 32.2. The summed E-state index contributed by atoms with van der Waals surface area (Å²) < 4.78 is 33.0. The second kappa shape index (κ2) is 9.62. The van der Waals surface area contributed by atoms with Crippen molar-refractivity contribution in [3.8, 4) is 0 Å². The Morgan fingerprint density at radius 2 is 1.58 bits per heavy atom. The molecule has 33 heavy (non-hydrogen) atoms. The van der Waals surface area contributed by atoms with E-state index in [0.717, 1.165) is 25.9 Å². The number of carbonyl (C=O) groups is 2. The summed E-state index contributed by atoms with van der Waals surface area (Å²) in [6.45, 7) is 5.79. The fraction of sp³-hybridized carbons (Fsp3) is 0.417. The van der Waals surface area contributed by atoms with Gasteiger partial charge in [-0.05, 0) is 69.2 Å². The lowest BCUT2D eigenvalue weighted by molar-refractivity contribution is -0.0440. The Bertz CT molecular complexity index is 1120. The molecule has 0 saturated carbocycles. The minimum atomic E-state index is -3.67. The van der Waals surface area contributed by atoms with Crippen LogP contribution in [0.15, 0.2) is 53.4 Å². The molecule has 2 fully saturated rings. The van der Waals surface area contributed by atoms with Crippen molar-refractivity contribution >= 4 is 27.5 Å². The maximum atomic E-state index is 13.0. The number of likely N-dealkylation sites (tertiary alicyclic amines) is 1. The lowest BCUT2D eigenvalue weighted by atomic mass is 10.1. The van der Waals surface area contributed by atoms with Crippen LogP contribution in [0, 0.1) is 0 Å². The molecule has 2 atom stereocenters. The fourth-order valence-corrected chi connectivity index (χ4v) is 5.88. The van der Waals surface area contributed by atoms with E-state index in [1.165, 1.54) is 28.6 Å². The van der Waals surface area contributed by atoms with E-state index in [9.17, 15) is 18.0 Å². The minimum absolute atomic E-state index is 0.0371. The van der Waals surface area contributed by atoms with Crippen molar-refractivity contribution in [2.45, 2.75) is 43.8 Å². The molecule has 2 aromatic carbocycles. The number of hydrogen-bond acceptors (Lipinski definition) is 5. The normalized spacial score (nSPS) is 21.7. The first-order valence-electron chi connectivity index (χ1n) is 11.2. The molecule has 2 amide bonds. The number of sulfonamides is 1. The lowest BCUT2D eigenvalue weighted by Gasteiger charge is -2.34. The number of rotatable bonds is 5. The molecule has 2 aromatic rings. The van der Waals surface area contributed by atoms with Crippen LogP contribution in [-0.4, -0.2) is 67.8 Å². The SMILES string of the molecule is CC1CN(S(=O)(=O)c2ccc(C(=O)Nc3cccc(C(=O)N4CCCC4)c3)cc2)CC(C)O1. The molecular weight excluding hydrogens is 442 g/mol. The summed E-state index contributed by atoms with van der Waals surface area (Å²) in [5.74, 6) is -0.414. The van der Waals surface area contributed by atoms with Gasteiger partial charge in [-0.15, -0.1) is 0 Å². The molecule has 0 bridgehead atoms. The van der Waals surface area contributed by atoms with Gasteiger partial charge < -0.3 is 15.0 Å². The van der Waals surface area contributed by atoms with Crippen LogP contribution in [0.3, 0.4) is 0 Å². The average molecular weight is 472 g/mol. The third kappa shape index (κ3) is 5.26. The summed E-state index contributed by atoms with van der Waals surface area (Å²) in [5.41, 5.74) is 1.37. The molecule has 2 aliphatic heterocycles. The summed E-state index contributed by atoms with van der Waals surface area (Å²) in [6.07, 6.45) is 1.66. The summed E-state index contributed by atoms with van der Waals surface area (Å²) >= 11 is 0. The average Bonchev–Trinajstić information content (AvgIpc) is 3.33. The number of morpholine rings is 1. The number of hydrogen-bond donors (Lipinski definition) is 1. The third-order valence-electron chi connectivity index (χ3n) is 5.90. The van der Waals surface area contributed by atoms with Crippen LogP contribution < -0.4 is 5.32 Å². The number of nitrogens with zero attached hydrogens (tertiary/aromatic N) is 2. The number of amides is 2. The zero-order chi connectivity index (χ0) is 23.6. The second-order valence-corrected chi connectivity index (χ2v) is 10.6. The Balaban J connectivity index is 1.44. The molecule has 9 heteroatoms. The molecule has 0 aliphatic carbocycles. The molecule has 2 aliphatic rings. The Kier molecular flexibility index (Phi) is 6.83. The van der Waals surface area contributed by atoms with Crippen LogP contribution >= 0.6 is 0 Å². The Labute approximate surface area is 194 Å². The van der Waals surface area contributed by atoms with Gasteiger partial charge in [0.1, 0.15) is 0 Å². The van der Waals surface area contributed by atoms with Gasteiger partial charge in [-0.2, -0.15) is 4.31 Å². The molecule has 8 nitrogen and oxygen atoms in total. The van der Waals surface area contributed by atoms with E-state index in [1.54, 1.807) is 24.3 Å². The molecule has 2 heterocycles. The third-order valence-corrected chi connectivity index (χ3v) is 7.75. The van der Waals surface area contributed by atoms with Crippen LogP contribution in [0.25, 0.3) is 0 Å². The Hall–Kier alpha value is -2.75. The minimum Gasteiger partial charge on any atom is -0.373 e. The van der Waals surface area contributed by atoms with Crippen LogP contribution in [0.1, 0.15) is 47.4 Å². The maximum Gasteiger partial charge on any atom is 0.255 e. The number of carbonyl (C=O) groups excluding carboxylic acids is 2. The van der Waals surface area contributed by atoms with Crippen molar-refractivity contribution in [1.82, 2.24) is 9.21 Å². The molecule has 0 spiro atoms. The zero-order valence-electron chi connectivity index (χ0n) is 18.9. The molecule has 176 valence electrons. The van der Waals surface area contributed by atoms with Gasteiger partial charge in [-0.25, -0.2) is 8.42 Å². The number of nitrogens with one attached hydrogen (secondary N) is 1. The van der Waals surface area contributed by atoms with E-state index in [0.29, 0.717) is 29.9 Å². The monoisotopic (exact) mass is 471 g/mol. The molecule has 4 rings (SSSR count). The van der Waals surface area contributed by atoms with Gasteiger partial charge in [0.15, 0.2) is 0 Å². The number of ether oxygens (including phenoxy) is 1. The molecule has 0 radical (unpaired) electrons. The number of benzene rings is 2. The first kappa shape index (κ1) is 23.4. The molecular formula is C24H29N3O5S. The van der Waals surface area contributed by atoms with Gasteiger partial charge in [0, 0.05) is 43.0 Å². The smallest absolute Gasteiger partial charge is 0.255 e. The predicted molar refractivity (Wildman–Crippen MR) is 125 cm³/mol. The second-order valence-electron chi connectivity index (χ2n) is 8.64. The topological polar surface area (TPSA) is 96.0 Å². The number of anilines is 1. The molecule has 2 unspecified atom stereocenters. The lowest BCUT2D eigenvalue weighted by Crippen LogP contribution is -2.48. The Morgan fingerprint density at radius 1 is 0.939 bits per heavy atom. The fourth-order valence-electron chi connectivity index (χ4n) is 4.29. The summed E-state index contributed by atoms with van der Waals surface area (Å²) in [4.78, 5) is 27.3. The summed E-state index contributed by atoms with van der Waals surface area (Å²) in [6, 6.07) is 12.7. The highest BCUT2D eigenvalue weighted by Crippen LogP contribution is 2.22. The van der Waals surface area contributed by atoms with E-state index in [4.69, 9.17) is 4.74 Å². The first-order valence-corrected chi connectivity index (χ1v) is 12.6. The van der Waals surface area contributed by atoms with E-state index in [2.05, 4.69) is 5.32 Å². The predicted octanol–water partition coefficient (Wildman–Crippen LogP) is 2.97. The van der Waals surface area contributed by atoms with Gasteiger partial charge in [-0.3, -0.25) is 9.59 Å². The van der Waals surface area contributed by atoms with Crippen LogP contribution in [0.4, 0.5) is 5.69 Å². The van der Waals surface area contributed by atoms with Crippen molar-refractivity contribution in [3.63, 3.8) is 0 Å². The van der Waals surface area contributed by atoms with E-state index in [-0.39, 0.29) is 28.9 Å². The van der Waals surface area contributed by atoms with Crippen LogP contribution in [-0.2, 0) is 14.8 Å². The summed E-state index contributed by atoms with van der Waals surface area (Å²) in [7, 11) is -3.67. The van der Waals surface area contributed by atoms with Crippen molar-refractivity contribution < 1.29 is 22.7 Å². The van der Waals surface area contributed by atoms with Crippen LogP contribution in [0.2, 0.25) is 0 Å². The van der Waals surface area contributed by atoms with Crippen molar-refractivity contribution in [3.05, 3.63) is 59.7 Å². The maximum absolute atomic E-state index is 13.0. The highest BCUT2D eigenvalue weighted by molar-refractivity contribution is 7.89. The van der Waals surface area contributed by atoms with Gasteiger partial charge >= 0.3 is 0 Å². The van der Waals surface area contributed by atoms with Crippen LogP contribution in [0.5, 0.6) is 0 Å². The molecule has 1 N–H and O–H groups in total. The van der Waals surface area contributed by atoms with Gasteiger partial charge in [0.05, 0.1) is 17.1 Å². The quantitative estimate of drug-likeness (QED) is 0.723. The molecule has 0 aromatic heterocycles. The van der Waals surface area contributed by atoms with E-state index in [1.807, 2.05) is 18.7 Å². The largest absolute Gasteiger partial charge is 0.373 e. The van der Waals surface area contributed by atoms with Crippen molar-refractivity contribution in [2.24, 2.45) is 0 Å². The van der Waals surface area contributed by atoms with Gasteiger partial charge in [0.25, 0.3) is 11.8 Å². The Morgan fingerprint density at radius 3 is 2.21 bits per heavy atom. The first-order chi connectivity index (χ1) is 15.7. The highest BCUT2D eigenvalue weighted by Gasteiger charge is 2.32. The standard InChI is InChI=1S/C24H29N3O5S/c1-17-15-27(16-18(2)32-17)33(30,31)22-10-8-19(9-11-22)23(28)25-21-7-5-6-20(14-21)24(29)26-12-3-4-13-26/h5-11,14,17-18H,3-4,12-13,15-16H2,1-2H3,(H,25,28). The van der Waals surface area contributed by atoms with E-state index < -0.39 is 10.0 Å². The van der Waals surface area contributed by atoms with E-state index >= 15 is 0 Å². The zero-order valence-corrected chi connectivity index (χ0v) is 19.7. The van der Waals surface area contributed by atoms with Crippen molar-refractivity contribution in [1.29, 1.82) is 0 Å². The van der Waals surface area contributed by atoms with Crippen molar-refractivity contribution in [2.75, 3.05) is 31.5 Å².